The lowest BCUT2D eigenvalue weighted by atomic mass is 10.1. The van der Waals surface area contributed by atoms with Crippen LogP contribution in [0.2, 0.25) is 0 Å². The zero-order valence-corrected chi connectivity index (χ0v) is 14.3. The number of rotatable bonds is 5. The second-order valence-corrected chi connectivity index (χ2v) is 6.15. The van der Waals surface area contributed by atoms with E-state index in [0.29, 0.717) is 23.9 Å². The van der Waals surface area contributed by atoms with Gasteiger partial charge in [-0.15, -0.1) is 0 Å². The van der Waals surface area contributed by atoms with Gasteiger partial charge in [-0.1, -0.05) is 22.9 Å². The molecule has 132 valence electrons. The summed E-state index contributed by atoms with van der Waals surface area (Å²) in [6, 6.07) is 15.1. The van der Waals surface area contributed by atoms with Crippen molar-refractivity contribution in [1.29, 1.82) is 0 Å². The summed E-state index contributed by atoms with van der Waals surface area (Å²) in [5.41, 5.74) is 3.18. The van der Waals surface area contributed by atoms with E-state index in [4.69, 9.17) is 14.0 Å². The van der Waals surface area contributed by atoms with E-state index in [1.165, 1.54) is 0 Å². The topological polar surface area (TPSA) is 73.6 Å². The van der Waals surface area contributed by atoms with Crippen LogP contribution >= 0.6 is 0 Å². The van der Waals surface area contributed by atoms with E-state index in [9.17, 15) is 4.79 Å². The molecule has 6 nitrogen and oxygen atoms in total. The molecule has 26 heavy (non-hydrogen) atoms. The number of anilines is 1. The van der Waals surface area contributed by atoms with E-state index in [1.807, 2.05) is 49.4 Å². The van der Waals surface area contributed by atoms with Crippen molar-refractivity contribution in [2.45, 2.75) is 13.3 Å². The molecule has 2 aromatic carbocycles. The molecule has 0 unspecified atom stereocenters. The maximum Gasteiger partial charge on any atom is 0.263 e. The van der Waals surface area contributed by atoms with E-state index in [2.05, 4.69) is 10.5 Å². The van der Waals surface area contributed by atoms with Gasteiger partial charge < -0.3 is 19.3 Å². The van der Waals surface area contributed by atoms with Crippen LogP contribution in [-0.2, 0) is 11.2 Å². The first-order valence-corrected chi connectivity index (χ1v) is 8.39. The highest BCUT2D eigenvalue weighted by atomic mass is 16.5. The SMILES string of the molecule is Cc1ccc(OCC(=O)Nc2cc(-c3ccc4c(c3)CCO4)on2)cc1. The first-order chi connectivity index (χ1) is 12.7. The van der Waals surface area contributed by atoms with Gasteiger partial charge in [0, 0.05) is 18.1 Å². The minimum Gasteiger partial charge on any atom is -0.493 e. The number of aromatic nitrogens is 1. The van der Waals surface area contributed by atoms with Crippen molar-refractivity contribution < 1.29 is 18.8 Å². The number of nitrogens with one attached hydrogen (secondary N) is 1. The number of amides is 1. The van der Waals surface area contributed by atoms with Gasteiger partial charge in [-0.25, -0.2) is 0 Å². The fourth-order valence-corrected chi connectivity index (χ4v) is 2.77. The summed E-state index contributed by atoms with van der Waals surface area (Å²) in [4.78, 5) is 12.0. The van der Waals surface area contributed by atoms with Gasteiger partial charge in [-0.2, -0.15) is 0 Å². The summed E-state index contributed by atoms with van der Waals surface area (Å²) < 4.78 is 16.3. The number of benzene rings is 2. The average Bonchev–Trinajstić information content (AvgIpc) is 3.29. The molecule has 0 saturated heterocycles. The molecule has 0 fully saturated rings. The lowest BCUT2D eigenvalue weighted by Crippen LogP contribution is -2.20. The molecular weight excluding hydrogens is 332 g/mol. The molecule has 1 amide bonds. The Hall–Kier alpha value is -3.28. The fraction of sp³-hybridized carbons (Fsp3) is 0.200. The number of hydrogen-bond donors (Lipinski definition) is 1. The van der Waals surface area contributed by atoms with Crippen LogP contribution in [0, 0.1) is 6.92 Å². The van der Waals surface area contributed by atoms with E-state index < -0.39 is 0 Å². The van der Waals surface area contributed by atoms with Gasteiger partial charge in [0.2, 0.25) is 0 Å². The Labute approximate surface area is 150 Å². The minimum absolute atomic E-state index is 0.0958. The monoisotopic (exact) mass is 350 g/mol. The van der Waals surface area contributed by atoms with Gasteiger partial charge in [0.25, 0.3) is 5.91 Å². The molecule has 6 heteroatoms. The van der Waals surface area contributed by atoms with Crippen molar-refractivity contribution in [1.82, 2.24) is 5.16 Å². The zero-order chi connectivity index (χ0) is 17.9. The third kappa shape index (κ3) is 3.54. The number of hydrogen-bond acceptors (Lipinski definition) is 5. The zero-order valence-electron chi connectivity index (χ0n) is 14.3. The molecule has 0 atom stereocenters. The smallest absolute Gasteiger partial charge is 0.263 e. The molecule has 0 radical (unpaired) electrons. The van der Waals surface area contributed by atoms with E-state index >= 15 is 0 Å². The Bertz CT molecular complexity index is 931. The highest BCUT2D eigenvalue weighted by Gasteiger charge is 2.15. The summed E-state index contributed by atoms with van der Waals surface area (Å²) in [6.45, 7) is 2.60. The molecule has 1 N–H and O–H groups in total. The van der Waals surface area contributed by atoms with Crippen molar-refractivity contribution >= 4 is 11.7 Å². The van der Waals surface area contributed by atoms with Gasteiger partial charge >= 0.3 is 0 Å². The van der Waals surface area contributed by atoms with Crippen molar-refractivity contribution in [2.75, 3.05) is 18.5 Å². The standard InChI is InChI=1S/C20H18N2O4/c1-13-2-5-16(6-3-13)25-12-20(23)21-19-11-18(26-22-19)14-4-7-17-15(10-14)8-9-24-17/h2-7,10-11H,8-9,12H2,1H3,(H,21,22,23). The first kappa shape index (κ1) is 16.2. The number of aryl methyl sites for hydroxylation is 1. The second-order valence-electron chi connectivity index (χ2n) is 6.15. The lowest BCUT2D eigenvalue weighted by molar-refractivity contribution is -0.118. The molecule has 0 aliphatic carbocycles. The fourth-order valence-electron chi connectivity index (χ4n) is 2.77. The highest BCUT2D eigenvalue weighted by molar-refractivity contribution is 5.91. The average molecular weight is 350 g/mol. The van der Waals surface area contributed by atoms with E-state index in [1.54, 1.807) is 6.07 Å². The Kier molecular flexibility index (Phi) is 4.31. The second kappa shape index (κ2) is 6.92. The molecule has 0 spiro atoms. The molecular formula is C20H18N2O4. The third-order valence-electron chi connectivity index (χ3n) is 4.14. The van der Waals surface area contributed by atoms with Gasteiger partial charge in [-0.05, 0) is 42.8 Å². The van der Waals surface area contributed by atoms with Crippen LogP contribution < -0.4 is 14.8 Å². The molecule has 3 aromatic rings. The first-order valence-electron chi connectivity index (χ1n) is 8.39. The van der Waals surface area contributed by atoms with Crippen LogP contribution in [0.15, 0.2) is 53.1 Å². The highest BCUT2D eigenvalue weighted by Crippen LogP contribution is 2.31. The number of carbonyl (C=O) groups is 1. The summed E-state index contributed by atoms with van der Waals surface area (Å²) >= 11 is 0. The summed E-state index contributed by atoms with van der Waals surface area (Å²) in [5, 5.41) is 6.57. The summed E-state index contributed by atoms with van der Waals surface area (Å²) in [6.07, 6.45) is 0.886. The van der Waals surface area contributed by atoms with Gasteiger partial charge in [0.05, 0.1) is 6.61 Å². The number of ether oxygens (including phenoxy) is 2. The minimum atomic E-state index is -0.298. The lowest BCUT2D eigenvalue weighted by Gasteiger charge is -2.05. The summed E-state index contributed by atoms with van der Waals surface area (Å²) in [5.74, 6) is 2.21. The van der Waals surface area contributed by atoms with Crippen molar-refractivity contribution in [3.05, 3.63) is 59.7 Å². The van der Waals surface area contributed by atoms with Crippen LogP contribution in [0.5, 0.6) is 11.5 Å². The van der Waals surface area contributed by atoms with Crippen molar-refractivity contribution in [3.8, 4) is 22.8 Å². The van der Waals surface area contributed by atoms with Crippen molar-refractivity contribution in [3.63, 3.8) is 0 Å². The molecule has 4 rings (SSSR count). The maximum absolute atomic E-state index is 12.0. The molecule has 0 bridgehead atoms. The Morgan fingerprint density at radius 1 is 1.19 bits per heavy atom. The van der Waals surface area contributed by atoms with Gasteiger partial charge in [0.15, 0.2) is 18.2 Å². The Balaban J connectivity index is 1.37. The number of carbonyl (C=O) groups excluding carboxylic acids is 1. The Morgan fingerprint density at radius 2 is 2.04 bits per heavy atom. The maximum atomic E-state index is 12.0. The largest absolute Gasteiger partial charge is 0.493 e. The summed E-state index contributed by atoms with van der Waals surface area (Å²) in [7, 11) is 0. The van der Waals surface area contributed by atoms with Crippen LogP contribution in [0.3, 0.4) is 0 Å². The van der Waals surface area contributed by atoms with Crippen LogP contribution in [0.25, 0.3) is 11.3 Å². The van der Waals surface area contributed by atoms with Crippen LogP contribution in [0.1, 0.15) is 11.1 Å². The van der Waals surface area contributed by atoms with Crippen LogP contribution in [0.4, 0.5) is 5.82 Å². The Morgan fingerprint density at radius 3 is 2.88 bits per heavy atom. The number of fused-ring (bicyclic) bond motifs is 1. The normalized spacial score (nSPS) is 12.3. The molecule has 2 heterocycles. The van der Waals surface area contributed by atoms with Crippen molar-refractivity contribution in [2.24, 2.45) is 0 Å². The predicted molar refractivity (Wildman–Crippen MR) is 96.4 cm³/mol. The van der Waals surface area contributed by atoms with E-state index in [0.717, 1.165) is 28.9 Å². The van der Waals surface area contributed by atoms with Gasteiger partial charge in [0.1, 0.15) is 11.5 Å². The predicted octanol–water partition coefficient (Wildman–Crippen LogP) is 3.60. The molecule has 0 saturated carbocycles. The molecule has 1 aromatic heterocycles. The number of nitrogens with zero attached hydrogens (tertiary/aromatic N) is 1. The molecule has 1 aliphatic heterocycles. The van der Waals surface area contributed by atoms with Crippen LogP contribution in [-0.4, -0.2) is 24.3 Å². The van der Waals surface area contributed by atoms with E-state index in [-0.39, 0.29) is 12.5 Å². The quantitative estimate of drug-likeness (QED) is 0.761. The third-order valence-corrected chi connectivity index (χ3v) is 4.14. The van der Waals surface area contributed by atoms with Gasteiger partial charge in [-0.3, -0.25) is 4.79 Å². The molecule has 1 aliphatic rings.